The number of rotatable bonds is 6. The second kappa shape index (κ2) is 9.49. The molecule has 1 aliphatic heterocycles. The minimum absolute atomic E-state index is 0.109. The van der Waals surface area contributed by atoms with Gasteiger partial charge < -0.3 is 15.1 Å². The van der Waals surface area contributed by atoms with Crippen molar-refractivity contribution in [3.8, 4) is 0 Å². The van der Waals surface area contributed by atoms with E-state index in [1.54, 1.807) is 0 Å². The summed E-state index contributed by atoms with van der Waals surface area (Å²) in [5.41, 5.74) is 3.68. The Morgan fingerprint density at radius 2 is 1.81 bits per heavy atom. The fourth-order valence-corrected chi connectivity index (χ4v) is 3.90. The molecule has 1 aliphatic rings. The highest BCUT2D eigenvalue weighted by molar-refractivity contribution is 7.98. The van der Waals surface area contributed by atoms with Crippen LogP contribution in [0.2, 0.25) is 5.02 Å². The number of nitrogens with zero attached hydrogens (tertiary/aromatic N) is 2. The van der Waals surface area contributed by atoms with Gasteiger partial charge in [-0.2, -0.15) is 11.8 Å². The number of hydrogen-bond donors (Lipinski definition) is 1. The van der Waals surface area contributed by atoms with Crippen LogP contribution < -0.4 is 10.2 Å². The van der Waals surface area contributed by atoms with E-state index in [0.717, 1.165) is 49.1 Å². The van der Waals surface area contributed by atoms with Crippen LogP contribution in [0.15, 0.2) is 42.5 Å². The first-order chi connectivity index (χ1) is 13.1. The Morgan fingerprint density at radius 3 is 2.48 bits per heavy atom. The molecule has 0 bridgehead atoms. The minimum atomic E-state index is -0.109. The number of carbonyl (C=O) groups excluding carboxylic acids is 1. The molecule has 0 saturated carbocycles. The molecule has 0 aliphatic carbocycles. The summed E-state index contributed by atoms with van der Waals surface area (Å²) in [6, 6.07) is 13.5. The summed E-state index contributed by atoms with van der Waals surface area (Å²) in [5, 5.41) is 3.68. The third kappa shape index (κ3) is 5.41. The zero-order chi connectivity index (χ0) is 19.2. The van der Waals surface area contributed by atoms with E-state index in [1.807, 2.05) is 54.2 Å². The summed E-state index contributed by atoms with van der Waals surface area (Å²) in [7, 11) is 2.13. The van der Waals surface area contributed by atoms with Gasteiger partial charge in [0.15, 0.2) is 0 Å². The van der Waals surface area contributed by atoms with E-state index in [4.69, 9.17) is 11.6 Å². The minimum Gasteiger partial charge on any atom is -0.367 e. The molecule has 2 aromatic rings. The van der Waals surface area contributed by atoms with Gasteiger partial charge >= 0.3 is 0 Å². The quantitative estimate of drug-likeness (QED) is 0.764. The summed E-state index contributed by atoms with van der Waals surface area (Å²) >= 11 is 8.07. The van der Waals surface area contributed by atoms with Crippen LogP contribution >= 0.6 is 23.4 Å². The predicted octanol–water partition coefficient (Wildman–Crippen LogP) is 4.60. The number of carbonyl (C=O) groups is 1. The first-order valence-corrected chi connectivity index (χ1v) is 10.8. The molecule has 6 heteroatoms. The summed E-state index contributed by atoms with van der Waals surface area (Å²) < 4.78 is 0. The second-order valence-corrected chi connectivity index (χ2v) is 8.45. The fourth-order valence-electron chi connectivity index (χ4n) is 3.10. The maximum atomic E-state index is 12.8. The fraction of sp³-hybridized carbons (Fsp3) is 0.381. The van der Waals surface area contributed by atoms with E-state index in [9.17, 15) is 4.79 Å². The Hall–Kier alpha value is -1.69. The molecule has 4 nitrogen and oxygen atoms in total. The Labute approximate surface area is 170 Å². The number of anilines is 2. The van der Waals surface area contributed by atoms with Gasteiger partial charge in [-0.1, -0.05) is 30.7 Å². The molecule has 0 unspecified atom stereocenters. The number of amides is 1. The maximum absolute atomic E-state index is 12.8. The molecule has 2 aromatic carbocycles. The van der Waals surface area contributed by atoms with Crippen LogP contribution in [0.1, 0.15) is 22.8 Å². The van der Waals surface area contributed by atoms with E-state index in [2.05, 4.69) is 29.1 Å². The highest BCUT2D eigenvalue weighted by atomic mass is 35.5. The van der Waals surface area contributed by atoms with Crippen molar-refractivity contribution < 1.29 is 4.79 Å². The van der Waals surface area contributed by atoms with E-state index in [-0.39, 0.29) is 5.91 Å². The first-order valence-electron chi connectivity index (χ1n) is 9.28. The third-order valence-corrected chi connectivity index (χ3v) is 5.92. The second-order valence-electron chi connectivity index (χ2n) is 6.74. The topological polar surface area (TPSA) is 35.6 Å². The smallest absolute Gasteiger partial charge is 0.255 e. The normalized spacial score (nSPS) is 15.0. The molecule has 1 saturated heterocycles. The van der Waals surface area contributed by atoms with Crippen molar-refractivity contribution in [2.45, 2.75) is 12.7 Å². The molecule has 1 N–H and O–H groups in total. The lowest BCUT2D eigenvalue weighted by atomic mass is 10.1. The number of thioether (sulfide) groups is 1. The Balaban J connectivity index is 1.74. The van der Waals surface area contributed by atoms with Crippen molar-refractivity contribution in [3.63, 3.8) is 0 Å². The number of piperazine rings is 1. The number of benzene rings is 2. The third-order valence-electron chi connectivity index (χ3n) is 4.74. The summed E-state index contributed by atoms with van der Waals surface area (Å²) in [5.74, 6) is 1.95. The van der Waals surface area contributed by atoms with Crippen molar-refractivity contribution >= 4 is 40.6 Å². The Morgan fingerprint density at radius 1 is 1.11 bits per heavy atom. The van der Waals surface area contributed by atoms with Crippen LogP contribution in [0, 0.1) is 0 Å². The van der Waals surface area contributed by atoms with Gasteiger partial charge in [0.25, 0.3) is 5.91 Å². The lowest BCUT2D eigenvalue weighted by molar-refractivity contribution is 0.102. The number of likely N-dealkylation sites (N-methyl/N-ethyl adjacent to an activating group) is 1. The molecular weight excluding hydrogens is 378 g/mol. The molecule has 0 spiro atoms. The molecule has 1 fully saturated rings. The Kier molecular flexibility index (Phi) is 7.05. The van der Waals surface area contributed by atoms with Gasteiger partial charge in [-0.15, -0.1) is 0 Å². The van der Waals surface area contributed by atoms with Gasteiger partial charge in [0.2, 0.25) is 0 Å². The van der Waals surface area contributed by atoms with E-state index in [1.165, 1.54) is 5.56 Å². The Bertz CT molecular complexity index is 773. The SMILES string of the molecule is CCSCc1ccc(C(=O)Nc2cc(Cl)ccc2N2CCN(C)CC2)cc1. The zero-order valence-electron chi connectivity index (χ0n) is 15.9. The van der Waals surface area contributed by atoms with Crippen LogP contribution in [0.25, 0.3) is 0 Å². The summed E-state index contributed by atoms with van der Waals surface area (Å²) in [6.45, 7) is 6.03. The number of halogens is 1. The monoisotopic (exact) mass is 403 g/mol. The standard InChI is InChI=1S/C21H26ClN3OS/c1-3-27-15-16-4-6-17(7-5-16)21(26)23-19-14-18(22)8-9-20(19)25-12-10-24(2)11-13-25/h4-9,14H,3,10-13,15H2,1-2H3,(H,23,26). The molecule has 0 radical (unpaired) electrons. The van der Waals surface area contributed by atoms with E-state index >= 15 is 0 Å². The van der Waals surface area contributed by atoms with Gasteiger partial charge in [0.1, 0.15) is 0 Å². The summed E-state index contributed by atoms with van der Waals surface area (Å²) in [6.07, 6.45) is 0. The predicted molar refractivity (Wildman–Crippen MR) is 117 cm³/mol. The first kappa shape index (κ1) is 20.1. The van der Waals surface area contributed by atoms with Gasteiger partial charge in [-0.25, -0.2) is 0 Å². The number of hydrogen-bond acceptors (Lipinski definition) is 4. The van der Waals surface area contributed by atoms with Crippen LogP contribution in [-0.2, 0) is 5.75 Å². The molecule has 0 atom stereocenters. The average molecular weight is 404 g/mol. The van der Waals surface area contributed by atoms with Gasteiger partial charge in [0.05, 0.1) is 11.4 Å². The van der Waals surface area contributed by atoms with Crippen LogP contribution in [-0.4, -0.2) is 49.8 Å². The van der Waals surface area contributed by atoms with Crippen LogP contribution in [0.3, 0.4) is 0 Å². The summed E-state index contributed by atoms with van der Waals surface area (Å²) in [4.78, 5) is 17.4. The average Bonchev–Trinajstić information content (AvgIpc) is 2.68. The van der Waals surface area contributed by atoms with Crippen molar-refractivity contribution in [2.24, 2.45) is 0 Å². The lowest BCUT2D eigenvalue weighted by Gasteiger charge is -2.35. The maximum Gasteiger partial charge on any atom is 0.255 e. The molecule has 1 heterocycles. The van der Waals surface area contributed by atoms with Crippen LogP contribution in [0.5, 0.6) is 0 Å². The zero-order valence-corrected chi connectivity index (χ0v) is 17.4. The van der Waals surface area contributed by atoms with Gasteiger partial charge in [-0.05, 0) is 48.7 Å². The molecule has 1 amide bonds. The molecule has 0 aromatic heterocycles. The largest absolute Gasteiger partial charge is 0.367 e. The van der Waals surface area contributed by atoms with Gasteiger partial charge in [-0.3, -0.25) is 4.79 Å². The van der Waals surface area contributed by atoms with Gasteiger partial charge in [0, 0.05) is 42.5 Å². The van der Waals surface area contributed by atoms with E-state index in [0.29, 0.717) is 10.6 Å². The lowest BCUT2D eigenvalue weighted by Crippen LogP contribution is -2.44. The van der Waals surface area contributed by atoms with Crippen molar-refractivity contribution in [1.29, 1.82) is 0 Å². The number of nitrogens with one attached hydrogen (secondary N) is 1. The highest BCUT2D eigenvalue weighted by Crippen LogP contribution is 2.30. The molecule has 144 valence electrons. The van der Waals surface area contributed by atoms with Crippen LogP contribution in [0.4, 0.5) is 11.4 Å². The highest BCUT2D eigenvalue weighted by Gasteiger charge is 2.18. The molecule has 27 heavy (non-hydrogen) atoms. The van der Waals surface area contributed by atoms with Crippen molar-refractivity contribution in [2.75, 3.05) is 49.2 Å². The molecular formula is C21H26ClN3OS. The van der Waals surface area contributed by atoms with Crippen molar-refractivity contribution in [3.05, 3.63) is 58.6 Å². The molecule has 3 rings (SSSR count). The van der Waals surface area contributed by atoms with E-state index < -0.39 is 0 Å². The van der Waals surface area contributed by atoms with Crippen molar-refractivity contribution in [1.82, 2.24) is 4.90 Å².